The van der Waals surface area contributed by atoms with Crippen molar-refractivity contribution in [3.05, 3.63) is 99.3 Å². The predicted octanol–water partition coefficient (Wildman–Crippen LogP) is 3.28. The van der Waals surface area contributed by atoms with Gasteiger partial charge in [-0.15, -0.1) is 0 Å². The maximum Gasteiger partial charge on any atom is 0.270 e. The minimum Gasteiger partial charge on any atom is -0.354 e. The topological polar surface area (TPSA) is 129 Å². The van der Waals surface area contributed by atoms with Crippen molar-refractivity contribution in [3.8, 4) is 0 Å². The summed E-state index contributed by atoms with van der Waals surface area (Å²) in [5.41, 5.74) is 0.800. The van der Waals surface area contributed by atoms with E-state index in [1.807, 2.05) is 53.4 Å². The Hall–Kier alpha value is -4.51. The second-order valence-corrected chi connectivity index (χ2v) is 10.5. The summed E-state index contributed by atoms with van der Waals surface area (Å²) < 4.78 is 0. The number of rotatable bonds is 8. The molecule has 1 aromatic heterocycles. The number of anilines is 1. The van der Waals surface area contributed by atoms with E-state index < -0.39 is 10.5 Å². The average Bonchev–Trinajstić information content (AvgIpc) is 3.24. The number of amides is 3. The van der Waals surface area contributed by atoms with Gasteiger partial charge in [0.2, 0.25) is 5.91 Å². The first-order valence-electron chi connectivity index (χ1n) is 13.3. The maximum atomic E-state index is 13.9. The van der Waals surface area contributed by atoms with Gasteiger partial charge in [-0.25, -0.2) is 0 Å². The summed E-state index contributed by atoms with van der Waals surface area (Å²) in [5.74, 6) is -0.748. The Bertz CT molecular complexity index is 1450. The highest BCUT2D eigenvalue weighted by atomic mass is 35.5. The van der Waals surface area contributed by atoms with Crippen LogP contribution in [-0.4, -0.2) is 75.8 Å². The van der Waals surface area contributed by atoms with Crippen molar-refractivity contribution in [2.24, 2.45) is 0 Å². The van der Waals surface area contributed by atoms with Gasteiger partial charge in [-0.05, 0) is 43.2 Å². The summed E-state index contributed by atoms with van der Waals surface area (Å²) in [4.78, 5) is 59.9. The van der Waals surface area contributed by atoms with Crippen molar-refractivity contribution >= 4 is 40.7 Å². The van der Waals surface area contributed by atoms with E-state index in [0.29, 0.717) is 25.8 Å². The Morgan fingerprint density at radius 2 is 1.78 bits per heavy atom. The van der Waals surface area contributed by atoms with Gasteiger partial charge in [0, 0.05) is 55.8 Å². The Morgan fingerprint density at radius 3 is 2.44 bits per heavy atom. The Labute approximate surface area is 241 Å². The van der Waals surface area contributed by atoms with Gasteiger partial charge in [0.1, 0.15) is 12.1 Å². The highest BCUT2D eigenvalue weighted by molar-refractivity contribution is 6.34. The van der Waals surface area contributed by atoms with Gasteiger partial charge in [0.25, 0.3) is 17.5 Å². The minimum atomic E-state index is -0.911. The minimum absolute atomic E-state index is 0.00701. The number of nitrogens with one attached hydrogen (secondary N) is 1. The summed E-state index contributed by atoms with van der Waals surface area (Å²) in [7, 11) is 0. The lowest BCUT2D eigenvalue weighted by Crippen LogP contribution is -2.57. The molecule has 11 nitrogen and oxygen atoms in total. The van der Waals surface area contributed by atoms with Crippen molar-refractivity contribution in [1.29, 1.82) is 0 Å². The van der Waals surface area contributed by atoms with Crippen LogP contribution < -0.4 is 10.2 Å². The standard InChI is InChI=1S/C29H29ClN6O5/c30-25-18-23(36(40)41)9-10-24(25)27(38)33-16-12-29(13-17-33)28(39)34(20-35(29)22-7-2-1-3-8-22)19-26(37)32-15-11-21-6-4-5-14-31-21/h1-10,14,18H,11-13,15-17,19-20H2,(H,32,37). The van der Waals surface area contributed by atoms with Gasteiger partial charge in [-0.1, -0.05) is 35.9 Å². The number of carbonyl (C=O) groups excluding carboxylic acids is 3. The molecule has 3 heterocycles. The first-order valence-corrected chi connectivity index (χ1v) is 13.7. The second kappa shape index (κ2) is 11.9. The van der Waals surface area contributed by atoms with Crippen LogP contribution in [0, 0.1) is 10.1 Å². The highest BCUT2D eigenvalue weighted by Crippen LogP contribution is 2.40. The molecule has 0 radical (unpaired) electrons. The molecule has 2 saturated heterocycles. The van der Waals surface area contributed by atoms with E-state index in [2.05, 4.69) is 10.3 Å². The number of benzene rings is 2. The van der Waals surface area contributed by atoms with E-state index in [1.165, 1.54) is 12.1 Å². The number of hydrogen-bond donors (Lipinski definition) is 1. The molecule has 0 unspecified atom stereocenters. The van der Waals surface area contributed by atoms with Crippen LogP contribution in [0.4, 0.5) is 11.4 Å². The molecule has 0 aliphatic carbocycles. The molecule has 0 atom stereocenters. The summed E-state index contributed by atoms with van der Waals surface area (Å²) in [6.45, 7) is 1.15. The van der Waals surface area contributed by atoms with Crippen LogP contribution in [0.3, 0.4) is 0 Å². The molecule has 0 bridgehead atoms. The van der Waals surface area contributed by atoms with E-state index in [1.54, 1.807) is 16.0 Å². The lowest BCUT2D eigenvalue weighted by atomic mass is 9.85. The van der Waals surface area contributed by atoms with Crippen LogP contribution >= 0.6 is 11.6 Å². The Morgan fingerprint density at radius 1 is 1.05 bits per heavy atom. The smallest absolute Gasteiger partial charge is 0.270 e. The summed E-state index contributed by atoms with van der Waals surface area (Å²) in [5, 5.41) is 13.9. The van der Waals surface area contributed by atoms with Crippen molar-refractivity contribution in [1.82, 2.24) is 20.1 Å². The van der Waals surface area contributed by atoms with Gasteiger partial charge in [0.15, 0.2) is 0 Å². The van der Waals surface area contributed by atoms with Gasteiger partial charge < -0.3 is 20.0 Å². The number of piperidine rings is 1. The number of hydrogen-bond acceptors (Lipinski definition) is 7. The largest absolute Gasteiger partial charge is 0.354 e. The third kappa shape index (κ3) is 5.85. The van der Waals surface area contributed by atoms with Crippen LogP contribution in [0.25, 0.3) is 0 Å². The van der Waals surface area contributed by atoms with E-state index >= 15 is 0 Å². The monoisotopic (exact) mass is 576 g/mol. The van der Waals surface area contributed by atoms with E-state index in [0.717, 1.165) is 17.4 Å². The molecule has 5 rings (SSSR count). The SMILES string of the molecule is O=C(CN1CN(c2ccccc2)C2(CCN(C(=O)c3ccc([N+](=O)[O-])cc3Cl)CC2)C1=O)NCCc1ccccn1. The number of para-hydroxylation sites is 1. The number of non-ortho nitro benzene ring substituents is 1. The van der Waals surface area contributed by atoms with Crippen LogP contribution in [0.5, 0.6) is 0 Å². The number of pyridine rings is 1. The van der Waals surface area contributed by atoms with E-state index in [9.17, 15) is 24.5 Å². The number of halogens is 1. The number of aromatic nitrogens is 1. The molecule has 3 aromatic rings. The highest BCUT2D eigenvalue weighted by Gasteiger charge is 2.54. The lowest BCUT2D eigenvalue weighted by molar-refractivity contribution is -0.384. The van der Waals surface area contributed by atoms with Crippen molar-refractivity contribution in [2.45, 2.75) is 24.8 Å². The van der Waals surface area contributed by atoms with Gasteiger partial charge in [-0.2, -0.15) is 0 Å². The Kier molecular flexibility index (Phi) is 8.16. The molecule has 1 N–H and O–H groups in total. The van der Waals surface area contributed by atoms with Crippen molar-refractivity contribution in [2.75, 3.05) is 37.7 Å². The first-order chi connectivity index (χ1) is 19.8. The molecular formula is C29H29ClN6O5. The van der Waals surface area contributed by atoms with Gasteiger partial charge >= 0.3 is 0 Å². The molecule has 2 aliphatic rings. The van der Waals surface area contributed by atoms with E-state index in [-0.39, 0.29) is 60.3 Å². The lowest BCUT2D eigenvalue weighted by Gasteiger charge is -2.43. The second-order valence-electron chi connectivity index (χ2n) is 10.1. The first kappa shape index (κ1) is 28.0. The molecule has 2 aliphatic heterocycles. The summed E-state index contributed by atoms with van der Waals surface area (Å²) >= 11 is 6.21. The zero-order valence-electron chi connectivity index (χ0n) is 22.2. The third-order valence-corrected chi connectivity index (χ3v) is 7.93. The summed E-state index contributed by atoms with van der Waals surface area (Å²) in [6, 6.07) is 19.0. The number of nitrogens with zero attached hydrogens (tertiary/aromatic N) is 5. The predicted molar refractivity (Wildman–Crippen MR) is 152 cm³/mol. The van der Waals surface area contributed by atoms with Gasteiger partial charge in [-0.3, -0.25) is 29.5 Å². The zero-order chi connectivity index (χ0) is 29.0. The molecule has 2 fully saturated rings. The van der Waals surface area contributed by atoms with Crippen LogP contribution in [0.1, 0.15) is 28.9 Å². The number of nitro benzene ring substituents is 1. The zero-order valence-corrected chi connectivity index (χ0v) is 23.0. The summed E-state index contributed by atoms with van der Waals surface area (Å²) in [6.07, 6.45) is 3.00. The number of carbonyl (C=O) groups is 3. The molecule has 0 saturated carbocycles. The van der Waals surface area contributed by atoms with E-state index in [4.69, 9.17) is 11.6 Å². The van der Waals surface area contributed by atoms with Crippen molar-refractivity contribution in [3.63, 3.8) is 0 Å². The number of nitro groups is 1. The van der Waals surface area contributed by atoms with Crippen LogP contribution in [0.15, 0.2) is 72.9 Å². The van der Waals surface area contributed by atoms with Crippen LogP contribution in [-0.2, 0) is 16.0 Å². The van der Waals surface area contributed by atoms with Crippen molar-refractivity contribution < 1.29 is 19.3 Å². The fraction of sp³-hybridized carbons (Fsp3) is 0.310. The fourth-order valence-electron chi connectivity index (χ4n) is 5.47. The third-order valence-electron chi connectivity index (χ3n) is 7.62. The number of likely N-dealkylation sites (tertiary alicyclic amines) is 1. The van der Waals surface area contributed by atoms with Crippen LogP contribution in [0.2, 0.25) is 5.02 Å². The Balaban J connectivity index is 1.28. The molecule has 3 amide bonds. The van der Waals surface area contributed by atoms with Gasteiger partial charge in [0.05, 0.1) is 22.2 Å². The molecule has 212 valence electrons. The maximum absolute atomic E-state index is 13.9. The molecule has 12 heteroatoms. The normalized spacial score (nSPS) is 16.2. The fourth-order valence-corrected chi connectivity index (χ4v) is 5.72. The quantitative estimate of drug-likeness (QED) is 0.322. The average molecular weight is 577 g/mol. The molecular weight excluding hydrogens is 548 g/mol. The molecule has 41 heavy (non-hydrogen) atoms. The molecule has 2 aromatic carbocycles. The molecule has 1 spiro atoms.